The van der Waals surface area contributed by atoms with Gasteiger partial charge >= 0.3 is 0 Å². The van der Waals surface area contributed by atoms with E-state index < -0.39 is 7.14 Å². The van der Waals surface area contributed by atoms with Crippen molar-refractivity contribution in [2.45, 2.75) is 6.42 Å². The largest absolute Gasteiger partial charge is 0.309 e. The number of rotatable bonds is 5. The summed E-state index contributed by atoms with van der Waals surface area (Å²) in [6.45, 7) is 0. The molecular formula is C44H30NOPS. The van der Waals surface area contributed by atoms with Gasteiger partial charge < -0.3 is 4.57 Å². The van der Waals surface area contributed by atoms with Crippen molar-refractivity contribution in [1.29, 1.82) is 0 Å². The fraction of sp³-hybridized carbons (Fsp3) is 0.0227. The number of nitrogens with zero attached hydrogens (tertiary/aromatic N) is 1. The second kappa shape index (κ2) is 11.7. The van der Waals surface area contributed by atoms with Crippen LogP contribution in [0.4, 0.5) is 0 Å². The van der Waals surface area contributed by atoms with E-state index in [0.29, 0.717) is 0 Å². The summed E-state index contributed by atoms with van der Waals surface area (Å²) in [5.41, 5.74) is 8.30. The summed E-state index contributed by atoms with van der Waals surface area (Å²) in [7, 11) is -3.04. The zero-order valence-corrected chi connectivity index (χ0v) is 27.8. The fourth-order valence-electron chi connectivity index (χ4n) is 7.02. The van der Waals surface area contributed by atoms with Gasteiger partial charge in [0, 0.05) is 53.8 Å². The predicted octanol–water partition coefficient (Wildman–Crippen LogP) is 10.4. The SMILES string of the molecule is O=P(c1ccccc1)(c1ccccc1)c1ccc2cc(-c3ccc(C4=CCc5ccccc5-c5sc6ccccc6c54)nc3)ccc2c1. The van der Waals surface area contributed by atoms with Crippen LogP contribution in [0.2, 0.25) is 0 Å². The molecule has 9 rings (SSSR count). The lowest BCUT2D eigenvalue weighted by molar-refractivity contribution is 0.592. The molecular weight excluding hydrogens is 622 g/mol. The molecule has 48 heavy (non-hydrogen) atoms. The Balaban J connectivity index is 1.08. The zero-order valence-electron chi connectivity index (χ0n) is 26.1. The number of thiophene rings is 1. The molecule has 0 saturated heterocycles. The average molecular weight is 652 g/mol. The van der Waals surface area contributed by atoms with Crippen LogP contribution < -0.4 is 15.9 Å². The van der Waals surface area contributed by atoms with Crippen molar-refractivity contribution in [3.8, 4) is 21.6 Å². The molecule has 0 N–H and O–H groups in total. The molecule has 4 heteroatoms. The number of benzene rings is 6. The molecule has 2 heterocycles. The number of allylic oxidation sites excluding steroid dienone is 1. The van der Waals surface area contributed by atoms with Crippen molar-refractivity contribution in [2.24, 2.45) is 0 Å². The third-order valence-corrected chi connectivity index (χ3v) is 13.7. The Kier molecular flexibility index (Phi) is 7.04. The lowest BCUT2D eigenvalue weighted by atomic mass is 9.96. The normalized spacial score (nSPS) is 12.7. The van der Waals surface area contributed by atoms with Crippen LogP contribution in [0.25, 0.3) is 48.0 Å². The summed E-state index contributed by atoms with van der Waals surface area (Å²) in [5.74, 6) is 0. The van der Waals surface area contributed by atoms with E-state index in [-0.39, 0.29) is 0 Å². The van der Waals surface area contributed by atoms with Crippen LogP contribution in [0.3, 0.4) is 0 Å². The van der Waals surface area contributed by atoms with Crippen molar-refractivity contribution in [3.63, 3.8) is 0 Å². The topological polar surface area (TPSA) is 30.0 Å². The van der Waals surface area contributed by atoms with Crippen LogP contribution in [-0.2, 0) is 11.0 Å². The quantitative estimate of drug-likeness (QED) is 0.173. The number of fused-ring (bicyclic) bond motifs is 6. The highest BCUT2D eigenvalue weighted by Gasteiger charge is 2.29. The molecule has 0 atom stereocenters. The van der Waals surface area contributed by atoms with E-state index in [1.54, 1.807) is 0 Å². The van der Waals surface area contributed by atoms with E-state index in [1.807, 2.05) is 84.3 Å². The Morgan fingerprint density at radius 1 is 0.583 bits per heavy atom. The first kappa shape index (κ1) is 28.8. The molecule has 6 aromatic carbocycles. The van der Waals surface area contributed by atoms with Crippen LogP contribution in [0.5, 0.6) is 0 Å². The fourth-order valence-corrected chi connectivity index (χ4v) is 11.0. The van der Waals surface area contributed by atoms with Gasteiger partial charge in [-0.25, -0.2) is 0 Å². The molecule has 0 saturated carbocycles. The Hall–Kier alpha value is -5.34. The van der Waals surface area contributed by atoms with Gasteiger partial charge in [0.15, 0.2) is 7.14 Å². The molecule has 0 fully saturated rings. The summed E-state index contributed by atoms with van der Waals surface area (Å²) >= 11 is 1.87. The van der Waals surface area contributed by atoms with Crippen LogP contribution in [-0.4, -0.2) is 4.98 Å². The highest BCUT2D eigenvalue weighted by Crippen LogP contribution is 2.47. The summed E-state index contributed by atoms with van der Waals surface area (Å²) in [5, 5.41) is 5.97. The number of hydrogen-bond acceptors (Lipinski definition) is 3. The molecule has 0 unspecified atom stereocenters. The summed E-state index contributed by atoms with van der Waals surface area (Å²) in [6, 6.07) is 54.2. The summed E-state index contributed by atoms with van der Waals surface area (Å²) in [4.78, 5) is 6.38. The average Bonchev–Trinajstić information content (AvgIpc) is 3.46. The van der Waals surface area contributed by atoms with Crippen LogP contribution in [0.15, 0.2) is 170 Å². The van der Waals surface area contributed by atoms with Crippen LogP contribution >= 0.6 is 18.5 Å². The summed E-state index contributed by atoms with van der Waals surface area (Å²) < 4.78 is 16.2. The van der Waals surface area contributed by atoms with E-state index in [2.05, 4.69) is 97.1 Å². The van der Waals surface area contributed by atoms with Gasteiger partial charge in [-0.1, -0.05) is 140 Å². The maximum absolute atomic E-state index is 14.9. The Morgan fingerprint density at radius 3 is 2.02 bits per heavy atom. The maximum Gasteiger partial charge on any atom is 0.171 e. The first-order valence-electron chi connectivity index (χ1n) is 16.2. The first-order chi connectivity index (χ1) is 23.7. The molecule has 0 aliphatic heterocycles. The number of aromatic nitrogens is 1. The molecule has 1 aliphatic carbocycles. The highest BCUT2D eigenvalue weighted by molar-refractivity contribution is 7.85. The van der Waals surface area contributed by atoms with Gasteiger partial charge in [0.1, 0.15) is 0 Å². The van der Waals surface area contributed by atoms with Crippen LogP contribution in [0, 0.1) is 0 Å². The lowest BCUT2D eigenvalue weighted by Crippen LogP contribution is -2.24. The minimum Gasteiger partial charge on any atom is -0.309 e. The van der Waals surface area contributed by atoms with Crippen molar-refractivity contribution in [3.05, 3.63) is 187 Å². The minimum atomic E-state index is -3.04. The minimum absolute atomic E-state index is 0.838. The molecule has 0 spiro atoms. The Bertz CT molecular complexity index is 2510. The molecule has 0 radical (unpaired) electrons. The predicted molar refractivity (Wildman–Crippen MR) is 205 cm³/mol. The van der Waals surface area contributed by atoms with Gasteiger partial charge in [-0.05, 0) is 58.1 Å². The molecule has 8 aromatic rings. The Labute approximate surface area is 284 Å². The summed E-state index contributed by atoms with van der Waals surface area (Å²) in [6.07, 6.45) is 5.22. The van der Waals surface area contributed by atoms with Crippen molar-refractivity contribution >= 4 is 60.8 Å². The van der Waals surface area contributed by atoms with Gasteiger partial charge in [0.25, 0.3) is 0 Å². The van der Waals surface area contributed by atoms with Gasteiger partial charge in [-0.3, -0.25) is 4.98 Å². The van der Waals surface area contributed by atoms with E-state index in [0.717, 1.165) is 49.9 Å². The number of pyridine rings is 1. The van der Waals surface area contributed by atoms with E-state index in [1.165, 1.54) is 37.2 Å². The molecule has 0 amide bonds. The zero-order chi connectivity index (χ0) is 32.1. The second-order valence-electron chi connectivity index (χ2n) is 12.2. The van der Waals surface area contributed by atoms with Gasteiger partial charge in [0.2, 0.25) is 0 Å². The lowest BCUT2D eigenvalue weighted by Gasteiger charge is -2.20. The van der Waals surface area contributed by atoms with E-state index in [9.17, 15) is 4.57 Å². The molecule has 2 aromatic heterocycles. The van der Waals surface area contributed by atoms with Crippen LogP contribution in [0.1, 0.15) is 16.8 Å². The third kappa shape index (κ3) is 4.78. The monoisotopic (exact) mass is 651 g/mol. The molecule has 2 nitrogen and oxygen atoms in total. The van der Waals surface area contributed by atoms with E-state index in [4.69, 9.17) is 4.98 Å². The van der Waals surface area contributed by atoms with Gasteiger partial charge in [-0.2, -0.15) is 0 Å². The van der Waals surface area contributed by atoms with Crippen molar-refractivity contribution in [2.75, 3.05) is 0 Å². The second-order valence-corrected chi connectivity index (χ2v) is 16.1. The van der Waals surface area contributed by atoms with Crippen molar-refractivity contribution < 1.29 is 4.57 Å². The smallest absolute Gasteiger partial charge is 0.171 e. The van der Waals surface area contributed by atoms with Crippen molar-refractivity contribution in [1.82, 2.24) is 4.98 Å². The molecule has 1 aliphatic rings. The maximum atomic E-state index is 14.9. The van der Waals surface area contributed by atoms with Gasteiger partial charge in [0.05, 0.1) is 5.69 Å². The van der Waals surface area contributed by atoms with Gasteiger partial charge in [-0.15, -0.1) is 11.3 Å². The third-order valence-electron chi connectivity index (χ3n) is 9.45. The standard InChI is InChI=1S/C44H30NOPS/c46-47(35-12-3-1-4-13-35,36-14-5-2-6-15-36)37-24-21-31-27-32(19-20-33(31)28-37)34-23-26-41(45-29-34)39-25-22-30-11-7-8-16-38(30)44-43(39)40-17-9-10-18-42(40)48-44/h1-21,23-29H,22H2. The molecule has 228 valence electrons. The van der Waals surface area contributed by atoms with E-state index >= 15 is 0 Å². The highest BCUT2D eigenvalue weighted by atomic mass is 32.1. The Morgan fingerprint density at radius 2 is 1.25 bits per heavy atom. The number of hydrogen-bond donors (Lipinski definition) is 0. The molecule has 0 bridgehead atoms. The first-order valence-corrected chi connectivity index (χ1v) is 18.7.